The molecule has 1 atom stereocenters. The second-order valence-corrected chi connectivity index (χ2v) is 7.89. The van der Waals surface area contributed by atoms with Crippen LogP contribution in [0.2, 0.25) is 0 Å². The van der Waals surface area contributed by atoms with Crippen LogP contribution in [-0.2, 0) is 16.1 Å². The maximum Gasteiger partial charge on any atom is 0.344 e. The number of amides is 2. The summed E-state index contributed by atoms with van der Waals surface area (Å²) in [7, 11) is 0. The topological polar surface area (TPSA) is 109 Å². The highest BCUT2D eigenvalue weighted by Gasteiger charge is 2.20. The Hall–Kier alpha value is -2.59. The summed E-state index contributed by atoms with van der Waals surface area (Å²) in [5.41, 5.74) is 0.887. The van der Waals surface area contributed by atoms with Gasteiger partial charge in [0.25, 0.3) is 5.91 Å². The quantitative estimate of drug-likeness (QED) is 0.585. The second-order valence-electron chi connectivity index (χ2n) is 6.95. The van der Waals surface area contributed by atoms with Gasteiger partial charge in [0.05, 0.1) is 18.4 Å². The van der Waals surface area contributed by atoms with Gasteiger partial charge in [-0.05, 0) is 51.0 Å². The molecule has 1 saturated heterocycles. The van der Waals surface area contributed by atoms with Gasteiger partial charge in [0.1, 0.15) is 0 Å². The van der Waals surface area contributed by atoms with Crippen molar-refractivity contribution >= 4 is 29.3 Å². The van der Waals surface area contributed by atoms with Gasteiger partial charge in [-0.1, -0.05) is 11.8 Å². The van der Waals surface area contributed by atoms with Gasteiger partial charge in [-0.3, -0.25) is 14.2 Å². The minimum absolute atomic E-state index is 0.00559. The molecule has 1 aromatic carbocycles. The van der Waals surface area contributed by atoms with E-state index in [4.69, 9.17) is 4.74 Å². The molecular weight excluding hydrogens is 406 g/mol. The fourth-order valence-electron chi connectivity index (χ4n) is 3.28. The van der Waals surface area contributed by atoms with Gasteiger partial charge in [0.15, 0.2) is 5.16 Å². The fraction of sp³-hybridized carbons (Fsp3) is 0.500. The van der Waals surface area contributed by atoms with Crippen LogP contribution >= 0.6 is 11.8 Å². The number of H-pyrrole nitrogens is 1. The molecule has 2 N–H and O–H groups in total. The molecule has 2 heterocycles. The van der Waals surface area contributed by atoms with Crippen molar-refractivity contribution in [3.8, 4) is 0 Å². The second kappa shape index (κ2) is 10.4. The van der Waals surface area contributed by atoms with E-state index in [0.717, 1.165) is 12.8 Å². The zero-order valence-corrected chi connectivity index (χ0v) is 18.0. The third-order valence-corrected chi connectivity index (χ3v) is 5.91. The van der Waals surface area contributed by atoms with Gasteiger partial charge in [-0.2, -0.15) is 0 Å². The van der Waals surface area contributed by atoms with Crippen LogP contribution in [0.15, 0.2) is 34.2 Å². The molecule has 3 rings (SSSR count). The lowest BCUT2D eigenvalue weighted by atomic mass is 10.2. The first-order valence-corrected chi connectivity index (χ1v) is 11.1. The molecule has 1 unspecified atom stereocenters. The fourth-order valence-corrected chi connectivity index (χ4v) is 4.04. The van der Waals surface area contributed by atoms with E-state index in [9.17, 15) is 14.4 Å². The number of rotatable bonds is 9. The Bertz CT molecular complexity index is 914. The van der Waals surface area contributed by atoms with E-state index in [1.807, 2.05) is 13.8 Å². The van der Waals surface area contributed by atoms with Crippen molar-refractivity contribution in [1.82, 2.24) is 19.7 Å². The number of hydrogen-bond acceptors (Lipinski definition) is 6. The minimum atomic E-state index is -0.304. The molecule has 1 aliphatic heterocycles. The lowest BCUT2D eigenvalue weighted by Gasteiger charge is -2.18. The molecule has 0 aliphatic carbocycles. The van der Waals surface area contributed by atoms with E-state index in [-0.39, 0.29) is 29.4 Å². The maximum atomic E-state index is 12.3. The molecule has 0 spiro atoms. The van der Waals surface area contributed by atoms with Crippen LogP contribution in [0.25, 0.3) is 0 Å². The number of thioether (sulfide) groups is 1. The van der Waals surface area contributed by atoms with E-state index in [1.54, 1.807) is 29.2 Å². The van der Waals surface area contributed by atoms with Gasteiger partial charge >= 0.3 is 5.69 Å². The van der Waals surface area contributed by atoms with Crippen molar-refractivity contribution in [2.24, 2.45) is 0 Å². The Balaban J connectivity index is 1.54. The predicted octanol–water partition coefficient (Wildman–Crippen LogP) is 1.96. The highest BCUT2D eigenvalue weighted by molar-refractivity contribution is 7.99. The van der Waals surface area contributed by atoms with Gasteiger partial charge in [-0.25, -0.2) is 9.89 Å². The summed E-state index contributed by atoms with van der Waals surface area (Å²) < 4.78 is 7.09. The van der Waals surface area contributed by atoms with Crippen molar-refractivity contribution < 1.29 is 14.3 Å². The molecule has 10 heteroatoms. The number of hydrogen-bond donors (Lipinski definition) is 2. The van der Waals surface area contributed by atoms with Gasteiger partial charge in [-0.15, -0.1) is 5.10 Å². The summed E-state index contributed by atoms with van der Waals surface area (Å²) in [5, 5.41) is 9.71. The molecule has 0 saturated carbocycles. The van der Waals surface area contributed by atoms with Gasteiger partial charge < -0.3 is 15.0 Å². The molecule has 1 aromatic heterocycles. The molecule has 2 amide bonds. The largest absolute Gasteiger partial charge is 0.376 e. The zero-order valence-electron chi connectivity index (χ0n) is 17.2. The highest BCUT2D eigenvalue weighted by Crippen LogP contribution is 2.19. The molecule has 2 aromatic rings. The van der Waals surface area contributed by atoms with Crippen LogP contribution in [0.1, 0.15) is 37.0 Å². The first-order valence-electron chi connectivity index (χ1n) is 10.1. The standard InChI is InChI=1S/C20H27N5O4S/c1-3-24(4-2)18(27)14-7-9-15(10-8-14)21-17(26)13-30-20-23-22-19(28)25(20)12-16-6-5-11-29-16/h7-10,16H,3-6,11-13H2,1-2H3,(H,21,26)(H,22,28). The minimum Gasteiger partial charge on any atom is -0.376 e. The Morgan fingerprint density at radius 2 is 2.03 bits per heavy atom. The normalized spacial score (nSPS) is 15.9. The van der Waals surface area contributed by atoms with Crippen molar-refractivity contribution in [3.63, 3.8) is 0 Å². The molecular formula is C20H27N5O4S. The number of benzene rings is 1. The molecule has 1 aliphatic rings. The highest BCUT2D eigenvalue weighted by atomic mass is 32.2. The molecule has 1 fully saturated rings. The van der Waals surface area contributed by atoms with Crippen LogP contribution in [-0.4, -0.2) is 63.0 Å². The van der Waals surface area contributed by atoms with Crippen LogP contribution in [0.3, 0.4) is 0 Å². The molecule has 30 heavy (non-hydrogen) atoms. The molecule has 9 nitrogen and oxygen atoms in total. The number of nitrogens with one attached hydrogen (secondary N) is 2. The smallest absolute Gasteiger partial charge is 0.344 e. The van der Waals surface area contributed by atoms with Gasteiger partial charge in [0, 0.05) is 30.9 Å². The molecule has 0 radical (unpaired) electrons. The number of nitrogens with zero attached hydrogens (tertiary/aromatic N) is 3. The zero-order chi connectivity index (χ0) is 21.5. The van der Waals surface area contributed by atoms with Crippen molar-refractivity contribution in [2.75, 3.05) is 30.8 Å². The number of aromatic amines is 1. The summed E-state index contributed by atoms with van der Waals surface area (Å²) >= 11 is 1.19. The summed E-state index contributed by atoms with van der Waals surface area (Å²) in [6.07, 6.45) is 1.90. The van der Waals surface area contributed by atoms with Crippen LogP contribution in [0.4, 0.5) is 5.69 Å². The van der Waals surface area contributed by atoms with Crippen LogP contribution in [0, 0.1) is 0 Å². The van der Waals surface area contributed by atoms with Gasteiger partial charge in [0.2, 0.25) is 5.91 Å². The monoisotopic (exact) mass is 433 g/mol. The Morgan fingerprint density at radius 3 is 2.67 bits per heavy atom. The average Bonchev–Trinajstić information content (AvgIpc) is 3.39. The van der Waals surface area contributed by atoms with Crippen LogP contribution < -0.4 is 11.0 Å². The lowest BCUT2D eigenvalue weighted by molar-refractivity contribution is -0.113. The van der Waals surface area contributed by atoms with E-state index in [0.29, 0.717) is 42.6 Å². The lowest BCUT2D eigenvalue weighted by Crippen LogP contribution is -2.30. The number of anilines is 1. The van der Waals surface area contributed by atoms with E-state index in [1.165, 1.54) is 16.3 Å². The van der Waals surface area contributed by atoms with Crippen molar-refractivity contribution in [3.05, 3.63) is 40.3 Å². The Morgan fingerprint density at radius 1 is 1.30 bits per heavy atom. The molecule has 162 valence electrons. The predicted molar refractivity (Wildman–Crippen MR) is 115 cm³/mol. The third kappa shape index (κ3) is 5.51. The average molecular weight is 434 g/mol. The van der Waals surface area contributed by atoms with E-state index < -0.39 is 0 Å². The van der Waals surface area contributed by atoms with Crippen LogP contribution in [0.5, 0.6) is 0 Å². The summed E-state index contributed by atoms with van der Waals surface area (Å²) in [4.78, 5) is 38.4. The van der Waals surface area contributed by atoms with Crippen molar-refractivity contribution in [1.29, 1.82) is 0 Å². The number of aromatic nitrogens is 3. The van der Waals surface area contributed by atoms with E-state index >= 15 is 0 Å². The number of carbonyl (C=O) groups excluding carboxylic acids is 2. The summed E-state index contributed by atoms with van der Waals surface area (Å²) in [6.45, 7) is 6.32. The molecule has 0 bridgehead atoms. The SMILES string of the molecule is CCN(CC)C(=O)c1ccc(NC(=O)CSc2n[nH]c(=O)n2CC2CCCO2)cc1. The third-order valence-electron chi connectivity index (χ3n) is 4.93. The Labute approximate surface area is 179 Å². The summed E-state index contributed by atoms with van der Waals surface area (Å²) in [5.74, 6) is -0.145. The Kier molecular flexibility index (Phi) is 7.69. The van der Waals surface area contributed by atoms with E-state index in [2.05, 4.69) is 15.5 Å². The summed E-state index contributed by atoms with van der Waals surface area (Å²) in [6, 6.07) is 6.83. The first kappa shape index (κ1) is 22.1. The maximum absolute atomic E-state index is 12.3. The first-order chi connectivity index (χ1) is 14.5. The van der Waals surface area contributed by atoms with Crippen molar-refractivity contribution in [2.45, 2.75) is 44.5 Å². The number of ether oxygens (including phenoxy) is 1. The number of carbonyl (C=O) groups is 2.